The van der Waals surface area contributed by atoms with Crippen molar-refractivity contribution in [1.82, 2.24) is 20.9 Å². The predicted molar refractivity (Wildman–Crippen MR) is 138 cm³/mol. The molecule has 31 heavy (non-hydrogen) atoms. The third kappa shape index (κ3) is 8.49. The van der Waals surface area contributed by atoms with Gasteiger partial charge in [0.05, 0.1) is 0 Å². The van der Waals surface area contributed by atoms with Crippen molar-refractivity contribution in [3.05, 3.63) is 71.8 Å². The quantitative estimate of drug-likeness (QED) is 0.200. The van der Waals surface area contributed by atoms with E-state index in [2.05, 4.69) is 56.2 Å². The molecule has 0 radical (unpaired) electrons. The molecule has 2 aromatic carbocycles. The molecule has 3 N–H and O–H groups in total. The van der Waals surface area contributed by atoms with Crippen molar-refractivity contribution in [3.63, 3.8) is 0 Å². The minimum atomic E-state index is -0.0298. The zero-order valence-corrected chi connectivity index (χ0v) is 20.5. The Morgan fingerprint density at radius 3 is 2.39 bits per heavy atom. The van der Waals surface area contributed by atoms with E-state index in [9.17, 15) is 4.79 Å². The maximum atomic E-state index is 12.0. The molecule has 1 aliphatic rings. The molecule has 2 aromatic rings. The molecule has 3 rings (SSSR count). The number of nitrogens with one attached hydrogen (secondary N) is 3. The summed E-state index contributed by atoms with van der Waals surface area (Å²) in [6.07, 6.45) is 3.29. The van der Waals surface area contributed by atoms with Gasteiger partial charge in [0.1, 0.15) is 0 Å². The standard InChI is InChI=1S/C24H33N5O.HI/c1-25-24(27-16-9-15-26-23(30)21-12-6-3-7-13-21)28-18-22-14-8-17-29(22)19-20-10-4-2-5-11-20;/h2-7,10-13,22H,8-9,14-19H2,1H3,(H,26,30)(H2,25,27,28);1H. The van der Waals surface area contributed by atoms with Gasteiger partial charge in [-0.2, -0.15) is 0 Å². The van der Waals surface area contributed by atoms with Gasteiger partial charge in [0.2, 0.25) is 0 Å². The normalized spacial score (nSPS) is 16.4. The van der Waals surface area contributed by atoms with Gasteiger partial charge in [-0.1, -0.05) is 48.5 Å². The van der Waals surface area contributed by atoms with Crippen molar-refractivity contribution in [2.24, 2.45) is 4.99 Å². The van der Waals surface area contributed by atoms with Crippen LogP contribution in [0.1, 0.15) is 35.2 Å². The van der Waals surface area contributed by atoms with Crippen LogP contribution in [0.15, 0.2) is 65.7 Å². The summed E-state index contributed by atoms with van der Waals surface area (Å²) < 4.78 is 0. The van der Waals surface area contributed by atoms with E-state index in [1.54, 1.807) is 7.05 Å². The van der Waals surface area contributed by atoms with E-state index in [1.165, 1.54) is 18.4 Å². The van der Waals surface area contributed by atoms with Gasteiger partial charge in [-0.15, -0.1) is 24.0 Å². The molecule has 0 bridgehead atoms. The summed E-state index contributed by atoms with van der Waals surface area (Å²) in [5.74, 6) is 0.786. The number of amides is 1. The van der Waals surface area contributed by atoms with Crippen LogP contribution in [0.5, 0.6) is 0 Å². The third-order valence-electron chi connectivity index (χ3n) is 5.42. The fraction of sp³-hybridized carbons (Fsp3) is 0.417. The van der Waals surface area contributed by atoms with Crippen LogP contribution < -0.4 is 16.0 Å². The third-order valence-corrected chi connectivity index (χ3v) is 5.42. The highest BCUT2D eigenvalue weighted by Gasteiger charge is 2.24. The van der Waals surface area contributed by atoms with E-state index >= 15 is 0 Å². The average molecular weight is 535 g/mol. The second-order valence-electron chi connectivity index (χ2n) is 7.61. The Morgan fingerprint density at radius 1 is 1.00 bits per heavy atom. The Morgan fingerprint density at radius 2 is 1.68 bits per heavy atom. The molecule has 168 valence electrons. The van der Waals surface area contributed by atoms with E-state index < -0.39 is 0 Å². The minimum Gasteiger partial charge on any atom is -0.356 e. The Kier molecular flexibility index (Phi) is 11.4. The van der Waals surface area contributed by atoms with E-state index in [0.29, 0.717) is 18.2 Å². The molecular formula is C24H34IN5O. The van der Waals surface area contributed by atoms with Crippen molar-refractivity contribution in [2.45, 2.75) is 31.8 Å². The predicted octanol–water partition coefficient (Wildman–Crippen LogP) is 3.25. The molecular weight excluding hydrogens is 501 g/mol. The highest BCUT2D eigenvalue weighted by atomic mass is 127. The second kappa shape index (κ2) is 14.0. The van der Waals surface area contributed by atoms with Gasteiger partial charge in [0.15, 0.2) is 5.96 Å². The molecule has 0 spiro atoms. The molecule has 1 saturated heterocycles. The van der Waals surface area contributed by atoms with Gasteiger partial charge in [0.25, 0.3) is 5.91 Å². The zero-order valence-electron chi connectivity index (χ0n) is 18.2. The average Bonchev–Trinajstić information content (AvgIpc) is 3.23. The number of benzene rings is 2. The first kappa shape index (κ1) is 25.1. The van der Waals surface area contributed by atoms with Gasteiger partial charge in [-0.3, -0.25) is 14.7 Å². The first-order valence-electron chi connectivity index (χ1n) is 10.8. The summed E-state index contributed by atoms with van der Waals surface area (Å²) in [6.45, 7) is 4.42. The Balaban J connectivity index is 0.00000341. The van der Waals surface area contributed by atoms with E-state index in [0.717, 1.165) is 38.6 Å². The van der Waals surface area contributed by atoms with Crippen LogP contribution in [0.4, 0.5) is 0 Å². The lowest BCUT2D eigenvalue weighted by atomic mass is 10.2. The van der Waals surface area contributed by atoms with E-state index in [-0.39, 0.29) is 29.9 Å². The van der Waals surface area contributed by atoms with Gasteiger partial charge >= 0.3 is 0 Å². The van der Waals surface area contributed by atoms with Crippen molar-refractivity contribution < 1.29 is 4.79 Å². The lowest BCUT2D eigenvalue weighted by Crippen LogP contribution is -2.45. The highest BCUT2D eigenvalue weighted by Crippen LogP contribution is 2.19. The largest absolute Gasteiger partial charge is 0.356 e. The maximum Gasteiger partial charge on any atom is 0.251 e. The van der Waals surface area contributed by atoms with Crippen LogP contribution in [-0.2, 0) is 6.54 Å². The molecule has 1 fully saturated rings. The van der Waals surface area contributed by atoms with Crippen molar-refractivity contribution in [2.75, 3.05) is 33.2 Å². The Labute approximate surface area is 202 Å². The summed E-state index contributed by atoms with van der Waals surface area (Å²) in [5.41, 5.74) is 2.06. The summed E-state index contributed by atoms with van der Waals surface area (Å²) in [6, 6.07) is 20.5. The van der Waals surface area contributed by atoms with E-state index in [4.69, 9.17) is 0 Å². The lowest BCUT2D eigenvalue weighted by molar-refractivity contribution is 0.0953. The number of carbonyl (C=O) groups excluding carboxylic acids is 1. The van der Waals surface area contributed by atoms with Crippen LogP contribution in [0.25, 0.3) is 0 Å². The molecule has 7 heteroatoms. The molecule has 1 amide bonds. The number of carbonyl (C=O) groups is 1. The number of aliphatic imine (C=N–C) groups is 1. The number of hydrogen-bond acceptors (Lipinski definition) is 3. The molecule has 1 aliphatic heterocycles. The summed E-state index contributed by atoms with van der Waals surface area (Å²) in [4.78, 5) is 18.9. The topological polar surface area (TPSA) is 68.8 Å². The number of halogens is 1. The Hall–Kier alpha value is -2.13. The molecule has 1 unspecified atom stereocenters. The molecule has 0 aliphatic carbocycles. The van der Waals surface area contributed by atoms with Crippen molar-refractivity contribution in [1.29, 1.82) is 0 Å². The second-order valence-corrected chi connectivity index (χ2v) is 7.61. The van der Waals surface area contributed by atoms with E-state index in [1.807, 2.05) is 30.3 Å². The number of likely N-dealkylation sites (tertiary alicyclic amines) is 1. The number of guanidine groups is 1. The minimum absolute atomic E-state index is 0. The Bertz CT molecular complexity index is 800. The lowest BCUT2D eigenvalue weighted by Gasteiger charge is -2.25. The summed E-state index contributed by atoms with van der Waals surface area (Å²) in [7, 11) is 1.79. The molecule has 0 aromatic heterocycles. The van der Waals surface area contributed by atoms with Crippen molar-refractivity contribution in [3.8, 4) is 0 Å². The highest BCUT2D eigenvalue weighted by molar-refractivity contribution is 14.0. The molecule has 1 heterocycles. The number of nitrogens with zero attached hydrogens (tertiary/aromatic N) is 2. The van der Waals surface area contributed by atoms with Crippen molar-refractivity contribution >= 4 is 35.8 Å². The summed E-state index contributed by atoms with van der Waals surface area (Å²) >= 11 is 0. The van der Waals surface area contributed by atoms with Gasteiger partial charge in [-0.05, 0) is 43.5 Å². The first-order chi connectivity index (χ1) is 14.8. The molecule has 6 nitrogen and oxygen atoms in total. The SMILES string of the molecule is CN=C(NCCCNC(=O)c1ccccc1)NCC1CCCN1Cc1ccccc1.I. The zero-order chi connectivity index (χ0) is 21.0. The molecule has 0 saturated carbocycles. The van der Waals surface area contributed by atoms with Crippen LogP contribution in [0.2, 0.25) is 0 Å². The van der Waals surface area contributed by atoms with Crippen LogP contribution in [-0.4, -0.2) is 56.0 Å². The number of rotatable bonds is 9. The first-order valence-corrected chi connectivity index (χ1v) is 10.8. The van der Waals surface area contributed by atoms with Crippen LogP contribution >= 0.6 is 24.0 Å². The molecule has 1 atom stereocenters. The fourth-order valence-corrected chi connectivity index (χ4v) is 3.78. The van der Waals surface area contributed by atoms with Crippen LogP contribution in [0.3, 0.4) is 0 Å². The smallest absolute Gasteiger partial charge is 0.251 e. The fourth-order valence-electron chi connectivity index (χ4n) is 3.78. The van der Waals surface area contributed by atoms with Gasteiger partial charge in [-0.25, -0.2) is 0 Å². The van der Waals surface area contributed by atoms with Crippen LogP contribution in [0, 0.1) is 0 Å². The maximum absolute atomic E-state index is 12.0. The van der Waals surface area contributed by atoms with Gasteiger partial charge < -0.3 is 16.0 Å². The summed E-state index contributed by atoms with van der Waals surface area (Å²) in [5, 5.41) is 9.75. The number of hydrogen-bond donors (Lipinski definition) is 3. The van der Waals surface area contributed by atoms with Gasteiger partial charge in [0, 0.05) is 44.8 Å². The monoisotopic (exact) mass is 535 g/mol.